The smallest absolute Gasteiger partial charge is 0.257 e. The van der Waals surface area contributed by atoms with Gasteiger partial charge in [-0.3, -0.25) is 14.4 Å². The molecule has 2 N–H and O–H groups in total. The number of aromatic amines is 1. The van der Waals surface area contributed by atoms with Gasteiger partial charge in [-0.05, 0) is 81.2 Å². The van der Waals surface area contributed by atoms with Crippen molar-refractivity contribution in [3.63, 3.8) is 0 Å². The van der Waals surface area contributed by atoms with E-state index in [2.05, 4.69) is 78.0 Å². The van der Waals surface area contributed by atoms with Crippen molar-refractivity contribution in [2.45, 2.75) is 90.0 Å². The van der Waals surface area contributed by atoms with Crippen LogP contribution in [0.2, 0.25) is 0 Å². The van der Waals surface area contributed by atoms with Crippen LogP contribution in [-0.4, -0.2) is 58.2 Å². The van der Waals surface area contributed by atoms with Gasteiger partial charge in [-0.25, -0.2) is 8.78 Å². The number of unbranched alkanes of at least 4 members (excludes halogenated alkanes) is 1. The Hall–Kier alpha value is -5.31. The predicted molar refractivity (Wildman–Crippen MR) is 218 cm³/mol. The van der Waals surface area contributed by atoms with Crippen LogP contribution >= 0.6 is 0 Å². The molecule has 1 saturated heterocycles. The molecule has 2 aromatic carbocycles. The molecule has 0 aliphatic carbocycles. The lowest BCUT2D eigenvalue weighted by Gasteiger charge is -2.29. The van der Waals surface area contributed by atoms with Gasteiger partial charge in [-0.1, -0.05) is 99.7 Å². The molecule has 5 rings (SSSR count). The van der Waals surface area contributed by atoms with Crippen LogP contribution in [0.25, 0.3) is 16.5 Å². The number of likely N-dealkylation sites (tertiary alicyclic amines) is 1. The molecule has 3 amide bonds. The Balaban J connectivity index is 1.13. The van der Waals surface area contributed by atoms with E-state index in [0.29, 0.717) is 31.6 Å². The van der Waals surface area contributed by atoms with E-state index in [0.717, 1.165) is 73.5 Å². The number of fused-ring (bicyclic) bond motifs is 3. The number of nitrogens with one attached hydrogen (secondary N) is 2. The van der Waals surface area contributed by atoms with Crippen molar-refractivity contribution in [1.82, 2.24) is 20.1 Å². The van der Waals surface area contributed by atoms with Crippen molar-refractivity contribution in [3.05, 3.63) is 138 Å². The van der Waals surface area contributed by atoms with Gasteiger partial charge in [-0.2, -0.15) is 0 Å². The van der Waals surface area contributed by atoms with Gasteiger partial charge in [0.25, 0.3) is 11.8 Å². The lowest BCUT2D eigenvalue weighted by Crippen LogP contribution is -2.39. The Morgan fingerprint density at radius 1 is 0.873 bits per heavy atom. The van der Waals surface area contributed by atoms with Gasteiger partial charge < -0.3 is 20.1 Å². The van der Waals surface area contributed by atoms with E-state index in [1.165, 1.54) is 17.2 Å². The summed E-state index contributed by atoms with van der Waals surface area (Å²) in [7, 11) is 0. The van der Waals surface area contributed by atoms with E-state index < -0.39 is 23.0 Å². The molecule has 1 aromatic heterocycles. The Bertz CT molecular complexity index is 2000. The molecule has 1 atom stereocenters. The average Bonchev–Trinajstić information content (AvgIpc) is 3.78. The van der Waals surface area contributed by atoms with Gasteiger partial charge >= 0.3 is 0 Å². The first kappa shape index (κ1) is 40.9. The van der Waals surface area contributed by atoms with Crippen LogP contribution in [0.5, 0.6) is 0 Å². The van der Waals surface area contributed by atoms with Crippen molar-refractivity contribution < 1.29 is 23.2 Å². The highest BCUT2D eigenvalue weighted by Crippen LogP contribution is 2.40. The number of allylic oxidation sites excluding steroid dienone is 10. The molecule has 290 valence electrons. The molecule has 55 heavy (non-hydrogen) atoms. The van der Waals surface area contributed by atoms with E-state index in [4.69, 9.17) is 0 Å². The number of carbonyl (C=O) groups is 3. The zero-order valence-corrected chi connectivity index (χ0v) is 32.3. The summed E-state index contributed by atoms with van der Waals surface area (Å²) < 4.78 is 27.9. The van der Waals surface area contributed by atoms with E-state index in [1.54, 1.807) is 0 Å². The molecular formula is C46H54F2N4O3. The number of benzene rings is 2. The monoisotopic (exact) mass is 748 g/mol. The number of halogens is 2. The van der Waals surface area contributed by atoms with Gasteiger partial charge in [0, 0.05) is 60.2 Å². The summed E-state index contributed by atoms with van der Waals surface area (Å²) in [5, 5.41) is 4.06. The highest BCUT2D eigenvalue weighted by atomic mass is 19.2. The van der Waals surface area contributed by atoms with Crippen LogP contribution in [0, 0.1) is 11.6 Å². The molecular weight excluding hydrogens is 695 g/mol. The fourth-order valence-corrected chi connectivity index (χ4v) is 7.18. The largest absolute Gasteiger partial charge is 0.354 e. The van der Waals surface area contributed by atoms with Crippen molar-refractivity contribution in [3.8, 4) is 0 Å². The average molecular weight is 749 g/mol. The minimum atomic E-state index is -1.12. The summed E-state index contributed by atoms with van der Waals surface area (Å²) >= 11 is 0. The highest BCUT2D eigenvalue weighted by molar-refractivity contribution is 6.21. The van der Waals surface area contributed by atoms with Crippen molar-refractivity contribution >= 4 is 34.2 Å². The molecule has 0 radical (unpaired) electrons. The molecule has 3 aromatic rings. The standard InChI is InChI=1S/C46H54F2N4O3/c1-4-5-6-7-8-9-10-11-12-13-14-15-16-17-18-19-20-25-41(53)51-29-28-35(31-51)49-44(54)37-32-52(45(55)34-26-27-38(47)39(48)30-34)33-46(2,3)42-36-23-21-22-24-40(36)50-43(37)42/h5-6,8-9,11-12,14-15,17-18,21-24,26-27,30,32,35,50H,4,7,10,13,16,19-20,25,28-29,31,33H2,1-3H3,(H,49,54)/b6-5-,9-8-,12-11-,15-14-,18-17-/t35-/m1/s1. The Labute approximate surface area is 324 Å². The fraction of sp³-hybridized carbons (Fsp3) is 0.370. The van der Waals surface area contributed by atoms with Gasteiger partial charge in [0.15, 0.2) is 11.6 Å². The van der Waals surface area contributed by atoms with Crippen molar-refractivity contribution in [2.24, 2.45) is 0 Å². The van der Waals surface area contributed by atoms with Crippen LogP contribution in [0.1, 0.15) is 100 Å². The van der Waals surface area contributed by atoms with Crippen LogP contribution in [0.4, 0.5) is 8.78 Å². The maximum absolute atomic E-state index is 14.2. The maximum Gasteiger partial charge on any atom is 0.257 e. The van der Waals surface area contributed by atoms with Crippen LogP contribution in [0.15, 0.2) is 109 Å². The first-order valence-electron chi connectivity index (χ1n) is 19.5. The second-order valence-corrected chi connectivity index (χ2v) is 14.8. The molecule has 2 aliphatic rings. The summed E-state index contributed by atoms with van der Waals surface area (Å²) in [6.45, 7) is 7.28. The number of aromatic nitrogens is 1. The van der Waals surface area contributed by atoms with E-state index in [9.17, 15) is 23.2 Å². The molecule has 0 spiro atoms. The molecule has 1 fully saturated rings. The fourth-order valence-electron chi connectivity index (χ4n) is 7.18. The summed E-state index contributed by atoms with van der Waals surface area (Å²) in [6.07, 6.45) is 30.6. The number of nitrogens with zero attached hydrogens (tertiary/aromatic N) is 2. The van der Waals surface area contributed by atoms with Crippen LogP contribution in [-0.2, 0) is 15.0 Å². The van der Waals surface area contributed by atoms with Gasteiger partial charge in [0.1, 0.15) is 0 Å². The quantitative estimate of drug-likeness (QED) is 0.113. The second kappa shape index (κ2) is 19.9. The first-order valence-corrected chi connectivity index (χ1v) is 19.5. The molecule has 2 aliphatic heterocycles. The lowest BCUT2D eigenvalue weighted by molar-refractivity contribution is -0.130. The molecule has 0 unspecified atom stereocenters. The topological polar surface area (TPSA) is 85.5 Å². The molecule has 0 bridgehead atoms. The van der Waals surface area contributed by atoms with E-state index >= 15 is 0 Å². The number of hydrogen-bond acceptors (Lipinski definition) is 3. The number of para-hydroxylation sites is 1. The first-order chi connectivity index (χ1) is 26.6. The van der Waals surface area contributed by atoms with Crippen LogP contribution in [0.3, 0.4) is 0 Å². The third-order valence-electron chi connectivity index (χ3n) is 9.97. The minimum absolute atomic E-state index is 0.0209. The molecule has 3 heterocycles. The zero-order chi connectivity index (χ0) is 39.2. The zero-order valence-electron chi connectivity index (χ0n) is 32.3. The number of carbonyl (C=O) groups excluding carboxylic acids is 3. The minimum Gasteiger partial charge on any atom is -0.354 e. The molecule has 0 saturated carbocycles. The third-order valence-corrected chi connectivity index (χ3v) is 9.97. The highest BCUT2D eigenvalue weighted by Gasteiger charge is 2.38. The number of hydrogen-bond donors (Lipinski definition) is 2. The Morgan fingerprint density at radius 2 is 1.53 bits per heavy atom. The summed E-state index contributed by atoms with van der Waals surface area (Å²) in [5.74, 6) is -3.02. The lowest BCUT2D eigenvalue weighted by atomic mass is 9.81. The van der Waals surface area contributed by atoms with Gasteiger partial charge in [0.2, 0.25) is 5.91 Å². The number of H-pyrrole nitrogens is 1. The molecule has 7 nitrogen and oxygen atoms in total. The van der Waals surface area contributed by atoms with Crippen LogP contribution < -0.4 is 5.32 Å². The second-order valence-electron chi connectivity index (χ2n) is 14.8. The number of amides is 3. The van der Waals surface area contributed by atoms with Gasteiger partial charge in [-0.15, -0.1) is 0 Å². The SMILES string of the molecule is CC/C=C\C/C=C\C/C=C\C/C=C\C/C=C\CCCC(=O)N1CC[C@@H](NC(=O)C2=CN(C(=O)c3ccc(F)c(F)c3)CC(C)(C)c3c2[nH]c2ccccc32)C1. The Morgan fingerprint density at radius 3 is 2.20 bits per heavy atom. The summed E-state index contributed by atoms with van der Waals surface area (Å²) in [6, 6.07) is 10.6. The van der Waals surface area contributed by atoms with Crippen molar-refractivity contribution in [2.75, 3.05) is 19.6 Å². The molecule has 9 heteroatoms. The predicted octanol–water partition coefficient (Wildman–Crippen LogP) is 9.86. The Kier molecular flexibility index (Phi) is 14.7. The number of rotatable bonds is 16. The third kappa shape index (κ3) is 11.1. The van der Waals surface area contributed by atoms with Crippen molar-refractivity contribution in [1.29, 1.82) is 0 Å². The normalized spacial score (nSPS) is 17.3. The summed E-state index contributed by atoms with van der Waals surface area (Å²) in [4.78, 5) is 47.5. The van der Waals surface area contributed by atoms with Gasteiger partial charge in [0.05, 0.1) is 11.3 Å². The van der Waals surface area contributed by atoms with E-state index in [1.807, 2.05) is 43.0 Å². The maximum atomic E-state index is 14.2. The summed E-state index contributed by atoms with van der Waals surface area (Å²) in [5.41, 5.74) is 1.97. The van der Waals surface area contributed by atoms with E-state index in [-0.39, 0.29) is 35.5 Å².